The van der Waals surface area contributed by atoms with Gasteiger partial charge in [-0.1, -0.05) is 65.2 Å². The van der Waals surface area contributed by atoms with Crippen LogP contribution in [0.3, 0.4) is 0 Å². The summed E-state index contributed by atoms with van der Waals surface area (Å²) in [5, 5.41) is 0. The van der Waals surface area contributed by atoms with Gasteiger partial charge >= 0.3 is 53.4 Å². The molecule has 0 unspecified atom stereocenters. The molecule has 0 saturated heterocycles. The molecule has 7 nitrogen and oxygen atoms in total. The average molecular weight is 424 g/mol. The Balaban J connectivity index is -0.00000364. The van der Waals surface area contributed by atoms with E-state index in [-0.39, 0.29) is 56.7 Å². The van der Waals surface area contributed by atoms with E-state index in [4.69, 9.17) is 15.2 Å². The molecule has 0 aromatic rings. The molecule has 29 heavy (non-hydrogen) atoms. The Labute approximate surface area is 198 Å². The first kappa shape index (κ1) is 30.4. The van der Waals surface area contributed by atoms with Crippen molar-refractivity contribution in [2.24, 2.45) is 5.73 Å². The van der Waals surface area contributed by atoms with Crippen molar-refractivity contribution in [3.63, 3.8) is 0 Å². The normalized spacial score (nSPS) is 11.3. The molecule has 0 heterocycles. The molecule has 0 aliphatic rings. The molecular formula is C21H38NNaO6. The fourth-order valence-electron chi connectivity index (χ4n) is 2.60. The quantitative estimate of drug-likeness (QED) is 0.171. The first-order valence-corrected chi connectivity index (χ1v) is 10.6. The van der Waals surface area contributed by atoms with E-state index in [1.165, 1.54) is 0 Å². The van der Waals surface area contributed by atoms with Gasteiger partial charge in [0.25, 0.3) is 0 Å². The molecule has 0 aliphatic carbocycles. The van der Waals surface area contributed by atoms with Gasteiger partial charge < -0.3 is 16.6 Å². The van der Waals surface area contributed by atoms with Gasteiger partial charge in [-0.05, 0) is 19.3 Å². The van der Waals surface area contributed by atoms with Crippen LogP contribution in [0.5, 0.6) is 0 Å². The summed E-state index contributed by atoms with van der Waals surface area (Å²) in [6.07, 6.45) is 9.99. The van der Waals surface area contributed by atoms with Crippen LogP contribution < -0.4 is 35.3 Å². The molecule has 0 amide bonds. The van der Waals surface area contributed by atoms with Gasteiger partial charge in [0.05, 0.1) is 0 Å². The number of hydrogen-bond acceptors (Lipinski definition) is 7. The monoisotopic (exact) mass is 423 g/mol. The number of hydrogen-bond donors (Lipinski definition) is 1. The maximum absolute atomic E-state index is 11.8. The Morgan fingerprint density at radius 1 is 0.690 bits per heavy atom. The number of ether oxygens (including phenoxy) is 2. The van der Waals surface area contributed by atoms with Gasteiger partial charge in [-0.3, -0.25) is 14.4 Å². The van der Waals surface area contributed by atoms with Crippen molar-refractivity contribution in [2.45, 2.75) is 110 Å². The molecular weight excluding hydrogens is 385 g/mol. The third-order valence-electron chi connectivity index (χ3n) is 4.37. The summed E-state index contributed by atoms with van der Waals surface area (Å²) < 4.78 is 9.40. The second-order valence-corrected chi connectivity index (χ2v) is 7.11. The number of rotatable bonds is 16. The maximum atomic E-state index is 11.8. The minimum atomic E-state index is -1.10. The zero-order valence-corrected chi connectivity index (χ0v) is 20.5. The average Bonchev–Trinajstić information content (AvgIpc) is 2.65. The maximum Gasteiger partial charge on any atom is 1.00 e. The summed E-state index contributed by atoms with van der Waals surface area (Å²) in [5.41, 5.74) is 5.65. The second-order valence-electron chi connectivity index (χ2n) is 7.11. The number of unbranched alkanes of at least 4 members (excludes halogenated alkanes) is 8. The molecule has 2 N–H and O–H groups in total. The van der Waals surface area contributed by atoms with Crippen LogP contribution in [-0.4, -0.2) is 29.9 Å². The number of esters is 4. The van der Waals surface area contributed by atoms with Crippen molar-refractivity contribution in [2.75, 3.05) is 0 Å². The van der Waals surface area contributed by atoms with Crippen LogP contribution in [0.1, 0.15) is 105 Å². The molecule has 8 heteroatoms. The Bertz CT molecular complexity index is 490. The topological polar surface area (TPSA) is 113 Å². The summed E-state index contributed by atoms with van der Waals surface area (Å²) in [5.74, 6) is -2.73. The van der Waals surface area contributed by atoms with Crippen molar-refractivity contribution < 1.29 is 59.6 Å². The smallest absolute Gasteiger partial charge is 1.00 e. The van der Waals surface area contributed by atoms with Gasteiger partial charge in [-0.2, -0.15) is 0 Å². The third-order valence-corrected chi connectivity index (χ3v) is 4.37. The largest absolute Gasteiger partial charge is 1.00 e. The fraction of sp³-hybridized carbons (Fsp3) is 0.810. The van der Waals surface area contributed by atoms with Gasteiger partial charge in [0.2, 0.25) is 0 Å². The number of nitrogens with two attached hydrogens (primary N) is 1. The first-order valence-electron chi connectivity index (χ1n) is 10.6. The summed E-state index contributed by atoms with van der Waals surface area (Å²) in [4.78, 5) is 46.6. The molecule has 0 aromatic heterocycles. The van der Waals surface area contributed by atoms with Crippen molar-refractivity contribution in [3.05, 3.63) is 0 Å². The fourth-order valence-corrected chi connectivity index (χ4v) is 2.60. The molecule has 0 saturated carbocycles. The van der Waals surface area contributed by atoms with Gasteiger partial charge in [0.15, 0.2) is 0 Å². The van der Waals surface area contributed by atoms with E-state index in [1.54, 1.807) is 0 Å². The van der Waals surface area contributed by atoms with Crippen LogP contribution in [0.25, 0.3) is 0 Å². The zero-order valence-electron chi connectivity index (χ0n) is 19.5. The van der Waals surface area contributed by atoms with E-state index < -0.39 is 29.9 Å². The number of carbonyl (C=O) groups excluding carboxylic acids is 4. The molecule has 0 fully saturated rings. The Hall–Kier alpha value is -0.760. The molecule has 0 spiro atoms. The van der Waals surface area contributed by atoms with Crippen LogP contribution in [0, 0.1) is 0 Å². The van der Waals surface area contributed by atoms with Crippen LogP contribution in [0.2, 0.25) is 0 Å². The summed E-state index contributed by atoms with van der Waals surface area (Å²) in [7, 11) is 0. The van der Waals surface area contributed by atoms with Gasteiger partial charge in [0.1, 0.15) is 6.04 Å². The molecule has 1 atom stereocenters. The van der Waals surface area contributed by atoms with E-state index in [9.17, 15) is 19.2 Å². The van der Waals surface area contributed by atoms with Crippen molar-refractivity contribution in [1.82, 2.24) is 0 Å². The van der Waals surface area contributed by atoms with Crippen molar-refractivity contribution in [1.29, 1.82) is 0 Å². The summed E-state index contributed by atoms with van der Waals surface area (Å²) in [6.45, 7) is 4.21. The molecule has 0 radical (unpaired) electrons. The number of carbonyl (C=O) groups is 4. The predicted octanol–water partition coefficient (Wildman–Crippen LogP) is 1.07. The zero-order chi connectivity index (χ0) is 21.2. The standard InChI is InChI=1S/C21H37NO6.Na.H/c1-3-5-7-9-11-13-18(23)27-20(25)16-15-17(22)21(26)28-19(24)14-12-10-8-6-4-2;;/h17H,3-16,22H2,1-2H3;;/q;+1;-1/t17-;;/m0../s1. The SMILES string of the molecule is CCCCCCCC(=O)OC(=O)CC[C@H](N)C(=O)OC(=O)CCCCCCC.[H-].[Na+]. The van der Waals surface area contributed by atoms with Crippen LogP contribution in [0.4, 0.5) is 0 Å². The second kappa shape index (κ2) is 20.5. The minimum absolute atomic E-state index is 0. The van der Waals surface area contributed by atoms with E-state index in [2.05, 4.69) is 13.8 Å². The van der Waals surface area contributed by atoms with Crippen LogP contribution in [-0.2, 0) is 28.7 Å². The molecule has 0 aliphatic heterocycles. The Kier molecular flexibility index (Phi) is 21.5. The van der Waals surface area contributed by atoms with Gasteiger partial charge in [-0.25, -0.2) is 4.79 Å². The van der Waals surface area contributed by atoms with Gasteiger partial charge in [-0.15, -0.1) is 0 Å². The predicted molar refractivity (Wildman–Crippen MR) is 107 cm³/mol. The molecule has 0 rings (SSSR count). The molecule has 164 valence electrons. The summed E-state index contributed by atoms with van der Waals surface area (Å²) in [6, 6.07) is -1.10. The van der Waals surface area contributed by atoms with Crippen LogP contribution >= 0.6 is 0 Å². The van der Waals surface area contributed by atoms with E-state index in [0.717, 1.165) is 51.4 Å². The van der Waals surface area contributed by atoms with E-state index in [1.807, 2.05) is 0 Å². The van der Waals surface area contributed by atoms with Gasteiger partial charge in [0, 0.05) is 19.3 Å². The molecule has 0 aromatic carbocycles. The Morgan fingerprint density at radius 2 is 1.10 bits per heavy atom. The third kappa shape index (κ3) is 19.0. The molecule has 0 bridgehead atoms. The minimum Gasteiger partial charge on any atom is -1.00 e. The Morgan fingerprint density at radius 3 is 1.59 bits per heavy atom. The van der Waals surface area contributed by atoms with Crippen molar-refractivity contribution >= 4 is 23.9 Å². The van der Waals surface area contributed by atoms with E-state index >= 15 is 0 Å². The first-order chi connectivity index (χ1) is 13.4. The van der Waals surface area contributed by atoms with E-state index in [0.29, 0.717) is 12.8 Å². The summed E-state index contributed by atoms with van der Waals surface area (Å²) >= 11 is 0. The van der Waals surface area contributed by atoms with Crippen LogP contribution in [0.15, 0.2) is 0 Å². The van der Waals surface area contributed by atoms with Crippen molar-refractivity contribution in [3.8, 4) is 0 Å².